The molecule has 1 saturated heterocycles. The third kappa shape index (κ3) is 38.0. The molecular weight excluding hydrogens is 853 g/mol. The first-order valence-electron chi connectivity index (χ1n) is 25.9. The molecule has 0 aromatic carbocycles. The molecule has 0 aliphatic carbocycles. The second-order valence-electron chi connectivity index (χ2n) is 16.8. The first kappa shape index (κ1) is 62.1. The average Bonchev–Trinajstić information content (AvgIpc) is 3.34. The Bertz CT molecular complexity index is 1540. The maximum absolute atomic E-state index is 12.8. The van der Waals surface area contributed by atoms with Crippen LogP contribution in [0.4, 0.5) is 0 Å². The second kappa shape index (κ2) is 48.1. The van der Waals surface area contributed by atoms with Crippen LogP contribution in [-0.4, -0.2) is 89.6 Å². The molecule has 1 rings (SSSR count). The van der Waals surface area contributed by atoms with Crippen molar-refractivity contribution < 1.29 is 44.2 Å². The molecule has 0 radical (unpaired) electrons. The molecule has 0 amide bonds. The van der Waals surface area contributed by atoms with Crippen LogP contribution in [0.3, 0.4) is 0 Å². The van der Waals surface area contributed by atoms with Crippen molar-refractivity contribution >= 4 is 5.97 Å². The number of ether oxygens (including phenoxy) is 4. The molecular formula is C59H92O9. The van der Waals surface area contributed by atoms with Gasteiger partial charge < -0.3 is 39.4 Å². The highest BCUT2D eigenvalue weighted by Crippen LogP contribution is 2.22. The van der Waals surface area contributed by atoms with Crippen LogP contribution in [0.25, 0.3) is 0 Å². The highest BCUT2D eigenvalue weighted by molar-refractivity contribution is 5.69. The maximum Gasteiger partial charge on any atom is 0.306 e. The van der Waals surface area contributed by atoms with Crippen LogP contribution < -0.4 is 0 Å². The van der Waals surface area contributed by atoms with Crippen molar-refractivity contribution in [3.63, 3.8) is 0 Å². The Hall–Kier alpha value is -3.93. The van der Waals surface area contributed by atoms with E-state index in [9.17, 15) is 25.2 Å². The van der Waals surface area contributed by atoms with E-state index in [1.54, 1.807) is 0 Å². The summed E-state index contributed by atoms with van der Waals surface area (Å²) in [7, 11) is 0. The summed E-state index contributed by atoms with van der Waals surface area (Å²) in [6, 6.07) is 0. The lowest BCUT2D eigenvalue weighted by atomic mass is 9.99. The van der Waals surface area contributed by atoms with Crippen LogP contribution in [0.5, 0.6) is 0 Å². The highest BCUT2D eigenvalue weighted by atomic mass is 16.7. The van der Waals surface area contributed by atoms with Gasteiger partial charge in [-0.2, -0.15) is 0 Å². The minimum Gasteiger partial charge on any atom is -0.457 e. The van der Waals surface area contributed by atoms with Gasteiger partial charge in [0.05, 0.1) is 19.8 Å². The Morgan fingerprint density at radius 3 is 1.28 bits per heavy atom. The highest BCUT2D eigenvalue weighted by Gasteiger charge is 2.44. The van der Waals surface area contributed by atoms with Crippen molar-refractivity contribution in [2.24, 2.45) is 0 Å². The van der Waals surface area contributed by atoms with Gasteiger partial charge in [-0.15, -0.1) is 0 Å². The van der Waals surface area contributed by atoms with Crippen LogP contribution in [-0.2, 0) is 23.7 Å². The van der Waals surface area contributed by atoms with Crippen LogP contribution in [0, 0.1) is 0 Å². The monoisotopic (exact) mass is 945 g/mol. The third-order valence-corrected chi connectivity index (χ3v) is 10.8. The Morgan fingerprint density at radius 2 is 0.853 bits per heavy atom. The van der Waals surface area contributed by atoms with Crippen molar-refractivity contribution in [3.8, 4) is 0 Å². The number of rotatable bonds is 42. The summed E-state index contributed by atoms with van der Waals surface area (Å²) < 4.78 is 22.8. The molecule has 1 aliphatic rings. The molecule has 382 valence electrons. The van der Waals surface area contributed by atoms with Gasteiger partial charge in [-0.05, 0) is 103 Å². The van der Waals surface area contributed by atoms with Crippen LogP contribution in [0.2, 0.25) is 0 Å². The fraction of sp³-hybridized carbons (Fsp3) is 0.576. The lowest BCUT2D eigenvalue weighted by Crippen LogP contribution is -2.59. The average molecular weight is 945 g/mol. The molecule has 6 atom stereocenters. The van der Waals surface area contributed by atoms with E-state index < -0.39 is 49.4 Å². The van der Waals surface area contributed by atoms with Gasteiger partial charge in [0.25, 0.3) is 0 Å². The number of carbonyl (C=O) groups excluding carboxylic acids is 1. The number of hydrogen-bond acceptors (Lipinski definition) is 9. The molecule has 1 heterocycles. The maximum atomic E-state index is 12.8. The molecule has 68 heavy (non-hydrogen) atoms. The fourth-order valence-electron chi connectivity index (χ4n) is 6.81. The summed E-state index contributed by atoms with van der Waals surface area (Å²) in [6.07, 6.45) is 66.1. The molecule has 0 aromatic rings. The van der Waals surface area contributed by atoms with Gasteiger partial charge in [0, 0.05) is 13.0 Å². The number of carbonyl (C=O) groups is 1. The normalized spacial score (nSPS) is 20.4. The Labute approximate surface area is 412 Å². The van der Waals surface area contributed by atoms with Crippen LogP contribution in [0.15, 0.2) is 146 Å². The standard InChI is InChI=1S/C59H92O9/c1-3-5-7-9-11-13-15-17-19-21-23-24-25-26-27-28-29-31-33-35-37-39-41-43-45-47-49-65-51-53(52-66-59-58(64)57(63)56(62)54(50-60)68-59)67-55(61)48-46-44-42-40-38-36-34-32-30-22-20-18-16-14-12-10-8-6-4-2/h5-8,11-14,17-20,23-24,26-27,29-32,36,38,42,44,53-54,56-60,62-64H,3-4,9-10,15-16,21-22,25,28,33-35,37,39-41,43,45-52H2,1-2H3/b7-5-,8-6-,13-11-,14-12-,19-17-,20-18-,24-23-,27-26-,31-29-,32-30-,38-36-,44-42-. The SMILES string of the molecule is CC/C=C\C/C=C\C/C=C\C/C=C\C/C=C\C/C=C\CCCCCCCCCOCC(COC1OC(CO)C(O)C(O)C1O)OC(=O)CC/C=C\C/C=C\C/C=C\C/C=C\C/C=C\C/C=C\CC. The molecule has 0 saturated carbocycles. The Balaban J connectivity index is 2.28. The molecule has 0 aromatic heterocycles. The third-order valence-electron chi connectivity index (χ3n) is 10.8. The van der Waals surface area contributed by atoms with Crippen molar-refractivity contribution in [2.75, 3.05) is 26.4 Å². The Kier molecular flexibility index (Phi) is 43.9. The van der Waals surface area contributed by atoms with E-state index in [1.807, 2.05) is 12.2 Å². The first-order chi connectivity index (χ1) is 33.4. The lowest BCUT2D eigenvalue weighted by molar-refractivity contribution is -0.305. The Morgan fingerprint density at radius 1 is 0.471 bits per heavy atom. The van der Waals surface area contributed by atoms with E-state index >= 15 is 0 Å². The van der Waals surface area contributed by atoms with Crippen molar-refractivity contribution in [2.45, 2.75) is 192 Å². The van der Waals surface area contributed by atoms with E-state index in [0.29, 0.717) is 13.0 Å². The van der Waals surface area contributed by atoms with Gasteiger partial charge in [-0.3, -0.25) is 4.79 Å². The summed E-state index contributed by atoms with van der Waals surface area (Å²) in [5.74, 6) is -0.406. The molecule has 0 bridgehead atoms. The number of aliphatic hydroxyl groups is 4. The zero-order valence-electron chi connectivity index (χ0n) is 42.0. The molecule has 9 heteroatoms. The number of unbranched alkanes of at least 4 members (excludes halogenated alkanes) is 7. The fourth-order valence-corrected chi connectivity index (χ4v) is 6.81. The van der Waals surface area contributed by atoms with Gasteiger partial charge in [0.2, 0.25) is 0 Å². The van der Waals surface area contributed by atoms with Gasteiger partial charge in [0.15, 0.2) is 6.29 Å². The summed E-state index contributed by atoms with van der Waals surface area (Å²) in [6.45, 7) is 4.18. The van der Waals surface area contributed by atoms with Gasteiger partial charge in [0.1, 0.15) is 30.5 Å². The summed E-state index contributed by atoms with van der Waals surface area (Å²) >= 11 is 0. The predicted molar refractivity (Wildman–Crippen MR) is 283 cm³/mol. The van der Waals surface area contributed by atoms with Crippen LogP contribution >= 0.6 is 0 Å². The largest absolute Gasteiger partial charge is 0.457 e. The quantitative estimate of drug-likeness (QED) is 0.0268. The zero-order valence-corrected chi connectivity index (χ0v) is 42.0. The molecule has 9 nitrogen and oxygen atoms in total. The predicted octanol–water partition coefficient (Wildman–Crippen LogP) is 13.0. The summed E-state index contributed by atoms with van der Waals surface area (Å²) in [4.78, 5) is 12.8. The molecule has 4 N–H and O–H groups in total. The molecule has 6 unspecified atom stereocenters. The first-order valence-corrected chi connectivity index (χ1v) is 25.9. The minimum absolute atomic E-state index is 0.0949. The smallest absolute Gasteiger partial charge is 0.306 e. The lowest BCUT2D eigenvalue weighted by Gasteiger charge is -2.39. The molecule has 1 aliphatic heterocycles. The van der Waals surface area contributed by atoms with E-state index in [2.05, 4.69) is 148 Å². The molecule has 0 spiro atoms. The van der Waals surface area contributed by atoms with E-state index in [-0.39, 0.29) is 19.6 Å². The van der Waals surface area contributed by atoms with Crippen LogP contribution in [0.1, 0.15) is 155 Å². The van der Waals surface area contributed by atoms with E-state index in [0.717, 1.165) is 103 Å². The number of allylic oxidation sites excluding steroid dienone is 24. The summed E-state index contributed by atoms with van der Waals surface area (Å²) in [5, 5.41) is 40.3. The van der Waals surface area contributed by atoms with Gasteiger partial charge in [-0.1, -0.05) is 192 Å². The van der Waals surface area contributed by atoms with Crippen molar-refractivity contribution in [3.05, 3.63) is 146 Å². The van der Waals surface area contributed by atoms with Gasteiger partial charge in [-0.25, -0.2) is 0 Å². The second-order valence-corrected chi connectivity index (χ2v) is 16.8. The van der Waals surface area contributed by atoms with Crippen molar-refractivity contribution in [1.82, 2.24) is 0 Å². The van der Waals surface area contributed by atoms with Gasteiger partial charge >= 0.3 is 5.97 Å². The van der Waals surface area contributed by atoms with E-state index in [1.165, 1.54) is 25.7 Å². The minimum atomic E-state index is -1.56. The number of aliphatic hydroxyl groups excluding tert-OH is 4. The summed E-state index contributed by atoms with van der Waals surface area (Å²) in [5.41, 5.74) is 0. The topological polar surface area (TPSA) is 135 Å². The van der Waals surface area contributed by atoms with Crippen molar-refractivity contribution in [1.29, 1.82) is 0 Å². The number of hydrogen-bond donors (Lipinski definition) is 4. The van der Waals surface area contributed by atoms with E-state index in [4.69, 9.17) is 18.9 Å². The molecule has 1 fully saturated rings. The number of esters is 1. The zero-order chi connectivity index (χ0) is 49.2.